The second-order valence-corrected chi connectivity index (χ2v) is 13.6. The molecule has 0 saturated heterocycles. The summed E-state index contributed by atoms with van der Waals surface area (Å²) >= 11 is 1.88. The van der Waals surface area contributed by atoms with Gasteiger partial charge in [-0.2, -0.15) is 0 Å². The van der Waals surface area contributed by atoms with Crippen molar-refractivity contribution in [3.63, 3.8) is 0 Å². The number of para-hydroxylation sites is 2. The van der Waals surface area contributed by atoms with Gasteiger partial charge in [-0.3, -0.25) is 4.57 Å². The molecule has 3 nitrogen and oxygen atoms in total. The van der Waals surface area contributed by atoms with E-state index in [1.807, 2.05) is 11.3 Å². The molecule has 4 heteroatoms. The van der Waals surface area contributed by atoms with Crippen LogP contribution in [0.2, 0.25) is 0 Å². The fourth-order valence-electron chi connectivity index (χ4n) is 7.79. The van der Waals surface area contributed by atoms with E-state index in [9.17, 15) is 0 Å². The SMILES string of the molecule is c1ccc2cc(-c3nc(-n4c5ccccc5c5ccc6c7ccc8c9ccccc9sc8c7ccc6c54)nc4ccccc34)ccc2c1. The molecule has 0 N–H and O–H groups in total. The Bertz CT molecular complexity index is 3130. The molecule has 3 heterocycles. The molecule has 0 unspecified atom stereocenters. The molecule has 8 aromatic carbocycles. The van der Waals surface area contributed by atoms with Gasteiger partial charge in [0.15, 0.2) is 0 Å². The quantitative estimate of drug-likeness (QED) is 0.179. The van der Waals surface area contributed by atoms with Gasteiger partial charge in [0.05, 0.1) is 22.2 Å². The summed E-state index contributed by atoms with van der Waals surface area (Å²) in [6.45, 7) is 0. The molecular formula is C44H25N3S. The maximum atomic E-state index is 5.41. The minimum atomic E-state index is 0.676. The zero-order chi connectivity index (χ0) is 31.3. The summed E-state index contributed by atoms with van der Waals surface area (Å²) in [5.74, 6) is 0.676. The average Bonchev–Trinajstić information content (AvgIpc) is 3.70. The summed E-state index contributed by atoms with van der Waals surface area (Å²) in [6, 6.07) is 54.7. The lowest BCUT2D eigenvalue weighted by atomic mass is 9.98. The Balaban J connectivity index is 1.24. The fraction of sp³-hybridized carbons (Fsp3) is 0. The van der Waals surface area contributed by atoms with E-state index in [1.165, 1.54) is 63.3 Å². The summed E-state index contributed by atoms with van der Waals surface area (Å²) in [4.78, 5) is 10.7. The summed E-state index contributed by atoms with van der Waals surface area (Å²) in [5.41, 5.74) is 5.17. The van der Waals surface area contributed by atoms with Crippen LogP contribution in [-0.4, -0.2) is 14.5 Å². The highest BCUT2D eigenvalue weighted by molar-refractivity contribution is 7.26. The van der Waals surface area contributed by atoms with Gasteiger partial charge in [-0.1, -0.05) is 127 Å². The van der Waals surface area contributed by atoms with E-state index in [2.05, 4.69) is 156 Å². The van der Waals surface area contributed by atoms with E-state index in [0.717, 1.165) is 33.2 Å². The van der Waals surface area contributed by atoms with Gasteiger partial charge in [-0.15, -0.1) is 11.3 Å². The monoisotopic (exact) mass is 627 g/mol. The number of hydrogen-bond acceptors (Lipinski definition) is 3. The summed E-state index contributed by atoms with van der Waals surface area (Å²) in [5, 5.41) is 13.5. The molecule has 222 valence electrons. The van der Waals surface area contributed by atoms with E-state index in [4.69, 9.17) is 9.97 Å². The van der Waals surface area contributed by atoms with Gasteiger partial charge in [0.25, 0.3) is 0 Å². The summed E-state index contributed by atoms with van der Waals surface area (Å²) in [6.07, 6.45) is 0. The number of nitrogens with zero attached hydrogens (tertiary/aromatic N) is 3. The smallest absolute Gasteiger partial charge is 0.235 e. The Morgan fingerprint density at radius 1 is 0.438 bits per heavy atom. The van der Waals surface area contributed by atoms with Crippen molar-refractivity contribution >= 4 is 96.5 Å². The first-order chi connectivity index (χ1) is 23.8. The molecule has 0 aliphatic heterocycles. The Hall–Kier alpha value is -6.10. The Morgan fingerprint density at radius 2 is 1.06 bits per heavy atom. The Kier molecular flexibility index (Phi) is 5.26. The van der Waals surface area contributed by atoms with Gasteiger partial charge in [0, 0.05) is 52.7 Å². The number of thiophene rings is 1. The van der Waals surface area contributed by atoms with Crippen LogP contribution in [0.1, 0.15) is 0 Å². The average molecular weight is 628 g/mol. The first kappa shape index (κ1) is 26.0. The standard InChI is InChI=1S/C44H25N3S/c1-2-10-27-25-28(18-17-26(27)9-1)41-37-13-3-6-14-38(37)45-44(46-41)47-39-15-7-4-11-31(39)34-21-19-29-30-20-23-36-32-12-5-8-16-40(32)48-43(36)35(30)24-22-33(29)42(34)47/h1-25H. The molecule has 0 fully saturated rings. The minimum Gasteiger partial charge on any atom is -0.277 e. The molecule has 0 saturated carbocycles. The highest BCUT2D eigenvalue weighted by Crippen LogP contribution is 2.43. The first-order valence-electron chi connectivity index (χ1n) is 16.3. The highest BCUT2D eigenvalue weighted by Gasteiger charge is 2.20. The molecule has 3 aromatic heterocycles. The van der Waals surface area contributed by atoms with E-state index < -0.39 is 0 Å². The zero-order valence-corrected chi connectivity index (χ0v) is 26.5. The normalized spacial score (nSPS) is 12.2. The predicted octanol–water partition coefficient (Wildman–Crippen LogP) is 12.2. The first-order valence-corrected chi connectivity index (χ1v) is 17.1. The second-order valence-electron chi connectivity index (χ2n) is 12.6. The lowest BCUT2D eigenvalue weighted by Crippen LogP contribution is -2.03. The molecule has 11 rings (SSSR count). The van der Waals surface area contributed by atoms with E-state index in [-0.39, 0.29) is 0 Å². The molecule has 0 spiro atoms. The van der Waals surface area contributed by atoms with E-state index >= 15 is 0 Å². The zero-order valence-electron chi connectivity index (χ0n) is 25.7. The number of fused-ring (bicyclic) bond motifs is 13. The third kappa shape index (κ3) is 3.58. The van der Waals surface area contributed by atoms with Gasteiger partial charge < -0.3 is 0 Å². The predicted molar refractivity (Wildman–Crippen MR) is 205 cm³/mol. The second kappa shape index (κ2) is 9.71. The molecule has 0 bridgehead atoms. The van der Waals surface area contributed by atoms with Crippen molar-refractivity contribution in [2.24, 2.45) is 0 Å². The van der Waals surface area contributed by atoms with E-state index in [1.54, 1.807) is 0 Å². The minimum absolute atomic E-state index is 0.676. The van der Waals surface area contributed by atoms with Crippen LogP contribution in [0.4, 0.5) is 0 Å². The third-order valence-corrected chi connectivity index (χ3v) is 11.2. The fourth-order valence-corrected chi connectivity index (χ4v) is 9.02. The van der Waals surface area contributed by atoms with Crippen molar-refractivity contribution in [3.05, 3.63) is 152 Å². The lowest BCUT2D eigenvalue weighted by molar-refractivity contribution is 1.02. The Morgan fingerprint density at radius 3 is 1.94 bits per heavy atom. The van der Waals surface area contributed by atoms with Crippen molar-refractivity contribution in [1.29, 1.82) is 0 Å². The largest absolute Gasteiger partial charge is 0.277 e. The van der Waals surface area contributed by atoms with Crippen molar-refractivity contribution in [2.45, 2.75) is 0 Å². The van der Waals surface area contributed by atoms with E-state index in [0.29, 0.717) is 5.95 Å². The molecule has 0 radical (unpaired) electrons. The molecule has 0 aliphatic carbocycles. The van der Waals surface area contributed by atoms with Crippen LogP contribution in [0.15, 0.2) is 152 Å². The van der Waals surface area contributed by atoms with Crippen LogP contribution in [-0.2, 0) is 0 Å². The molecule has 0 atom stereocenters. The maximum Gasteiger partial charge on any atom is 0.235 e. The van der Waals surface area contributed by atoms with Crippen molar-refractivity contribution in [3.8, 4) is 17.2 Å². The molecule has 0 amide bonds. The van der Waals surface area contributed by atoms with Crippen molar-refractivity contribution in [1.82, 2.24) is 14.5 Å². The highest BCUT2D eigenvalue weighted by atomic mass is 32.1. The van der Waals surface area contributed by atoms with Crippen LogP contribution < -0.4 is 0 Å². The molecule has 0 aliphatic rings. The topological polar surface area (TPSA) is 30.7 Å². The van der Waals surface area contributed by atoms with Gasteiger partial charge in [0.2, 0.25) is 5.95 Å². The Labute approximate surface area is 278 Å². The number of benzene rings is 8. The molecule has 48 heavy (non-hydrogen) atoms. The van der Waals surface area contributed by atoms with Crippen molar-refractivity contribution < 1.29 is 0 Å². The lowest BCUT2D eigenvalue weighted by Gasteiger charge is -2.13. The van der Waals surface area contributed by atoms with Crippen molar-refractivity contribution in [2.75, 3.05) is 0 Å². The molecule has 11 aromatic rings. The van der Waals surface area contributed by atoms with Crippen LogP contribution in [0, 0.1) is 0 Å². The number of aromatic nitrogens is 3. The number of hydrogen-bond donors (Lipinski definition) is 0. The van der Waals surface area contributed by atoms with Gasteiger partial charge in [-0.05, 0) is 45.8 Å². The summed E-state index contributed by atoms with van der Waals surface area (Å²) < 4.78 is 4.95. The van der Waals surface area contributed by atoms with Crippen LogP contribution in [0.25, 0.3) is 102 Å². The van der Waals surface area contributed by atoms with Gasteiger partial charge in [0.1, 0.15) is 0 Å². The summed E-state index contributed by atoms with van der Waals surface area (Å²) in [7, 11) is 0. The third-order valence-electron chi connectivity index (χ3n) is 9.98. The maximum absolute atomic E-state index is 5.41. The van der Waals surface area contributed by atoms with Gasteiger partial charge in [-0.25, -0.2) is 9.97 Å². The van der Waals surface area contributed by atoms with Crippen LogP contribution in [0.5, 0.6) is 0 Å². The van der Waals surface area contributed by atoms with Gasteiger partial charge >= 0.3 is 0 Å². The number of rotatable bonds is 2. The van der Waals surface area contributed by atoms with Crippen LogP contribution in [0.3, 0.4) is 0 Å². The van der Waals surface area contributed by atoms with Crippen LogP contribution >= 0.6 is 11.3 Å². The molecular weight excluding hydrogens is 603 g/mol.